The molecule has 1 aliphatic heterocycles. The van der Waals surface area contributed by atoms with Crippen molar-refractivity contribution in [1.29, 1.82) is 0 Å². The molecule has 0 amide bonds. The van der Waals surface area contributed by atoms with Crippen LogP contribution in [-0.2, 0) is 16.6 Å². The van der Waals surface area contributed by atoms with Gasteiger partial charge < -0.3 is 21.8 Å². The van der Waals surface area contributed by atoms with Crippen LogP contribution in [0.4, 0.5) is 0 Å². The Bertz CT molecular complexity index is 1580. The maximum absolute atomic E-state index is 12.9. The first-order valence-electron chi connectivity index (χ1n) is 14.8. The number of hydrogen-bond acceptors (Lipinski definition) is 8. The van der Waals surface area contributed by atoms with Crippen LogP contribution < -0.4 is 27.2 Å². The molecule has 0 atom stereocenters. The highest BCUT2D eigenvalue weighted by molar-refractivity contribution is 7.93. The average Bonchev–Trinajstić information content (AvgIpc) is 3.41. The number of aromatic amines is 1. The lowest BCUT2D eigenvalue weighted by molar-refractivity contribution is 0.262. The van der Waals surface area contributed by atoms with Gasteiger partial charge in [-0.15, -0.1) is 0 Å². The monoisotopic (exact) mass is 594 g/mol. The van der Waals surface area contributed by atoms with Gasteiger partial charge in [0.05, 0.1) is 10.6 Å². The molecule has 1 aliphatic carbocycles. The lowest BCUT2D eigenvalue weighted by atomic mass is 10.0. The van der Waals surface area contributed by atoms with E-state index in [1.807, 2.05) is 36.4 Å². The highest BCUT2D eigenvalue weighted by Crippen LogP contribution is 2.30. The zero-order valence-corrected chi connectivity index (χ0v) is 24.8. The Morgan fingerprint density at radius 1 is 1.02 bits per heavy atom. The highest BCUT2D eigenvalue weighted by atomic mass is 32.2. The molecule has 42 heavy (non-hydrogen) atoms. The second-order valence-electron chi connectivity index (χ2n) is 11.1. The van der Waals surface area contributed by atoms with E-state index >= 15 is 0 Å². The van der Waals surface area contributed by atoms with Crippen LogP contribution in [-0.4, -0.2) is 73.2 Å². The summed E-state index contributed by atoms with van der Waals surface area (Å²) in [7, 11) is -3.51. The molecule has 5 rings (SSSR count). The quantitative estimate of drug-likeness (QED) is 0.200. The number of hydrogen-bond donors (Lipinski definition) is 5. The Morgan fingerprint density at radius 2 is 1.74 bits per heavy atom. The van der Waals surface area contributed by atoms with Crippen molar-refractivity contribution in [3.8, 4) is 5.69 Å². The predicted molar refractivity (Wildman–Crippen MR) is 168 cm³/mol. The molecular formula is C30H42N8O3S. The molecule has 11 nitrogen and oxygen atoms in total. The molecule has 3 aromatic rings. The maximum Gasteiger partial charge on any atom is 0.354 e. The fraction of sp³-hybridized carbons (Fsp3) is 0.467. The van der Waals surface area contributed by atoms with E-state index < -0.39 is 10.0 Å². The summed E-state index contributed by atoms with van der Waals surface area (Å²) in [4.78, 5) is 23.2. The number of nitrogens with one attached hydrogen (secondary N) is 3. The molecule has 0 bridgehead atoms. The molecule has 1 fully saturated rings. The molecule has 2 aliphatic rings. The Balaban J connectivity index is 1.30. The number of H-pyrrole nitrogens is 1. The van der Waals surface area contributed by atoms with Crippen LogP contribution in [0.2, 0.25) is 0 Å². The van der Waals surface area contributed by atoms with E-state index in [-0.39, 0.29) is 11.7 Å². The third-order valence-electron chi connectivity index (χ3n) is 7.95. The van der Waals surface area contributed by atoms with Gasteiger partial charge in [0.15, 0.2) is 0 Å². The van der Waals surface area contributed by atoms with Gasteiger partial charge in [-0.3, -0.25) is 9.47 Å². The molecule has 3 heterocycles. The second-order valence-corrected chi connectivity index (χ2v) is 12.8. The van der Waals surface area contributed by atoms with Gasteiger partial charge in [-0.05, 0) is 113 Å². The van der Waals surface area contributed by atoms with Crippen molar-refractivity contribution < 1.29 is 8.42 Å². The summed E-state index contributed by atoms with van der Waals surface area (Å²) < 4.78 is 30.2. The summed E-state index contributed by atoms with van der Waals surface area (Å²) in [6.07, 6.45) is 9.80. The number of allylic oxidation sites excluding steroid dienone is 4. The van der Waals surface area contributed by atoms with Gasteiger partial charge >= 0.3 is 5.69 Å². The third-order valence-corrected chi connectivity index (χ3v) is 9.62. The van der Waals surface area contributed by atoms with Gasteiger partial charge in [-0.1, -0.05) is 18.2 Å². The Kier molecular flexibility index (Phi) is 10.0. The lowest BCUT2D eigenvalue weighted by Crippen LogP contribution is -2.43. The van der Waals surface area contributed by atoms with Gasteiger partial charge in [-0.25, -0.2) is 17.9 Å². The SMILES string of the molecule is NCCCN(CCCN)Cc1ccc(-n2cc3cc(C4=CC=C(S(=O)(=O)NC5CCNCC5)CC4)[nH]c3nc2=O)cc1. The van der Waals surface area contributed by atoms with Crippen LogP contribution in [0.5, 0.6) is 0 Å². The first-order valence-corrected chi connectivity index (χ1v) is 16.3. The molecule has 0 spiro atoms. The molecule has 7 N–H and O–H groups in total. The summed E-state index contributed by atoms with van der Waals surface area (Å²) in [5.41, 5.74) is 15.3. The maximum atomic E-state index is 12.9. The predicted octanol–water partition coefficient (Wildman–Crippen LogP) is 1.95. The largest absolute Gasteiger partial charge is 0.354 e. The van der Waals surface area contributed by atoms with E-state index in [0.29, 0.717) is 36.5 Å². The number of aromatic nitrogens is 3. The van der Waals surface area contributed by atoms with Crippen LogP contribution >= 0.6 is 0 Å². The van der Waals surface area contributed by atoms with Gasteiger partial charge in [0.1, 0.15) is 5.65 Å². The number of nitrogens with zero attached hydrogens (tertiary/aromatic N) is 3. The van der Waals surface area contributed by atoms with Gasteiger partial charge in [0, 0.05) is 29.9 Å². The lowest BCUT2D eigenvalue weighted by Gasteiger charge is -2.24. The fourth-order valence-electron chi connectivity index (χ4n) is 5.57. The topological polar surface area (TPSA) is 164 Å². The van der Waals surface area contributed by atoms with Crippen molar-refractivity contribution in [3.05, 3.63) is 75.3 Å². The molecule has 2 aromatic heterocycles. The van der Waals surface area contributed by atoms with E-state index in [2.05, 4.69) is 24.9 Å². The minimum absolute atomic E-state index is 0.0242. The summed E-state index contributed by atoms with van der Waals surface area (Å²) in [5.74, 6) is 0. The number of rotatable bonds is 13. The van der Waals surface area contributed by atoms with Crippen molar-refractivity contribution in [2.45, 2.75) is 51.1 Å². The molecule has 1 aromatic carbocycles. The number of fused-ring (bicyclic) bond motifs is 1. The number of sulfonamides is 1. The smallest absolute Gasteiger partial charge is 0.339 e. The minimum Gasteiger partial charge on any atom is -0.339 e. The second kappa shape index (κ2) is 13.9. The zero-order chi connectivity index (χ0) is 29.5. The fourth-order valence-corrected chi connectivity index (χ4v) is 7.02. The van der Waals surface area contributed by atoms with Crippen LogP contribution in [0.25, 0.3) is 22.3 Å². The third kappa shape index (κ3) is 7.44. The first-order chi connectivity index (χ1) is 20.4. The van der Waals surface area contributed by atoms with E-state index in [1.165, 1.54) is 0 Å². The highest BCUT2D eigenvalue weighted by Gasteiger charge is 2.25. The van der Waals surface area contributed by atoms with Gasteiger partial charge in [0.2, 0.25) is 10.0 Å². The van der Waals surface area contributed by atoms with Crippen LogP contribution in [0.1, 0.15) is 49.8 Å². The molecular weight excluding hydrogens is 552 g/mol. The van der Waals surface area contributed by atoms with Crippen LogP contribution in [0.15, 0.2) is 58.4 Å². The van der Waals surface area contributed by atoms with Gasteiger partial charge in [-0.2, -0.15) is 4.98 Å². The zero-order valence-electron chi connectivity index (χ0n) is 24.0. The van der Waals surface area contributed by atoms with Gasteiger partial charge in [0.25, 0.3) is 0 Å². The van der Waals surface area contributed by atoms with Crippen molar-refractivity contribution in [3.63, 3.8) is 0 Å². The molecule has 1 saturated heterocycles. The first kappa shape index (κ1) is 30.3. The summed E-state index contributed by atoms with van der Waals surface area (Å²) in [6.45, 7) is 5.61. The Hall–Kier alpha value is -3.13. The summed E-state index contributed by atoms with van der Waals surface area (Å²) >= 11 is 0. The van der Waals surface area contributed by atoms with E-state index in [0.717, 1.165) is 86.3 Å². The van der Waals surface area contributed by atoms with Crippen LogP contribution in [0, 0.1) is 0 Å². The molecule has 12 heteroatoms. The molecule has 0 unspecified atom stereocenters. The number of nitrogens with two attached hydrogens (primary N) is 2. The summed E-state index contributed by atoms with van der Waals surface area (Å²) in [5, 5.41) is 4.06. The molecule has 0 saturated carbocycles. The summed E-state index contributed by atoms with van der Waals surface area (Å²) in [6, 6.07) is 9.90. The number of benzene rings is 1. The molecule has 0 radical (unpaired) electrons. The van der Waals surface area contributed by atoms with E-state index in [9.17, 15) is 13.2 Å². The minimum atomic E-state index is -3.51. The van der Waals surface area contributed by atoms with Crippen molar-refractivity contribution in [1.82, 2.24) is 29.5 Å². The number of piperidine rings is 1. The van der Waals surface area contributed by atoms with Crippen molar-refractivity contribution in [2.75, 3.05) is 39.3 Å². The normalized spacial score (nSPS) is 16.6. The van der Waals surface area contributed by atoms with Crippen molar-refractivity contribution >= 4 is 26.6 Å². The molecule has 226 valence electrons. The Morgan fingerprint density at radius 3 is 2.38 bits per heavy atom. The average molecular weight is 595 g/mol. The van der Waals surface area contributed by atoms with Crippen molar-refractivity contribution in [2.24, 2.45) is 11.5 Å². The standard InChI is InChI=1S/C30H42N8O3S/c31-13-1-17-37(18-2-14-32)20-22-3-7-26(8-4-22)38-21-24-19-28(34-29(24)35-30(38)39)23-5-9-27(10-6-23)42(40,41)36-25-11-15-33-16-12-25/h3-5,7-9,19,21,25,33,36H,1-2,6,10-18,20,31-32H2,(H,34,35,39). The van der Waals surface area contributed by atoms with E-state index in [1.54, 1.807) is 16.8 Å². The Labute approximate surface area is 247 Å². The van der Waals surface area contributed by atoms with Crippen LogP contribution in [0.3, 0.4) is 0 Å². The van der Waals surface area contributed by atoms with E-state index in [4.69, 9.17) is 11.5 Å².